The molecule has 0 spiro atoms. The highest BCUT2D eigenvalue weighted by Crippen LogP contribution is 2.23. The Morgan fingerprint density at radius 2 is 2.41 bits per heavy atom. The van der Waals surface area contributed by atoms with Gasteiger partial charge in [-0.3, -0.25) is 0 Å². The van der Waals surface area contributed by atoms with Gasteiger partial charge in [-0.15, -0.1) is 0 Å². The van der Waals surface area contributed by atoms with Crippen molar-refractivity contribution in [3.05, 3.63) is 28.2 Å². The number of hydrogen-bond donors (Lipinski definition) is 2. The van der Waals surface area contributed by atoms with Gasteiger partial charge in [0.15, 0.2) is 0 Å². The van der Waals surface area contributed by atoms with E-state index in [2.05, 4.69) is 51.7 Å². The molecule has 94 valence electrons. The van der Waals surface area contributed by atoms with E-state index in [1.54, 1.807) is 0 Å². The molecule has 0 radical (unpaired) electrons. The van der Waals surface area contributed by atoms with Gasteiger partial charge in [-0.25, -0.2) is 0 Å². The standard InChI is InChI=1S/C13H19BrN2O/c1-10-2-3-13(12(14)8-10)16-5-4-11-9-17-7-6-15-11/h2-3,8,11,15-16H,4-7,9H2,1H3. The molecular formula is C13H19BrN2O. The van der Waals surface area contributed by atoms with Gasteiger partial charge in [0.2, 0.25) is 0 Å². The van der Waals surface area contributed by atoms with Crippen LogP contribution < -0.4 is 10.6 Å². The first kappa shape index (κ1) is 12.9. The van der Waals surface area contributed by atoms with E-state index >= 15 is 0 Å². The topological polar surface area (TPSA) is 33.3 Å². The van der Waals surface area contributed by atoms with Crippen LogP contribution in [0.1, 0.15) is 12.0 Å². The van der Waals surface area contributed by atoms with Gasteiger partial charge in [0.25, 0.3) is 0 Å². The number of aryl methyl sites for hydroxylation is 1. The van der Waals surface area contributed by atoms with Crippen molar-refractivity contribution < 1.29 is 4.74 Å². The zero-order valence-electron chi connectivity index (χ0n) is 10.1. The van der Waals surface area contributed by atoms with Gasteiger partial charge in [0, 0.05) is 29.3 Å². The van der Waals surface area contributed by atoms with Crippen molar-refractivity contribution >= 4 is 21.6 Å². The summed E-state index contributed by atoms with van der Waals surface area (Å²) in [6.07, 6.45) is 1.08. The van der Waals surface area contributed by atoms with Crippen LogP contribution in [0.25, 0.3) is 0 Å². The van der Waals surface area contributed by atoms with Crippen LogP contribution in [0.3, 0.4) is 0 Å². The average Bonchev–Trinajstić information content (AvgIpc) is 2.33. The van der Waals surface area contributed by atoms with Gasteiger partial charge in [0.1, 0.15) is 0 Å². The van der Waals surface area contributed by atoms with E-state index in [0.717, 1.165) is 42.9 Å². The third-order valence-electron chi connectivity index (χ3n) is 2.93. The maximum Gasteiger partial charge on any atom is 0.0620 e. The van der Waals surface area contributed by atoms with Crippen LogP contribution in [-0.2, 0) is 4.74 Å². The molecule has 3 nitrogen and oxygen atoms in total. The summed E-state index contributed by atoms with van der Waals surface area (Å²) in [7, 11) is 0. The highest BCUT2D eigenvalue weighted by Gasteiger charge is 2.12. The maximum absolute atomic E-state index is 5.42. The summed E-state index contributed by atoms with van der Waals surface area (Å²) in [6, 6.07) is 6.85. The lowest BCUT2D eigenvalue weighted by molar-refractivity contribution is 0.0753. The second-order valence-electron chi connectivity index (χ2n) is 4.42. The minimum atomic E-state index is 0.487. The van der Waals surface area contributed by atoms with E-state index in [4.69, 9.17) is 4.74 Å². The lowest BCUT2D eigenvalue weighted by Crippen LogP contribution is -2.42. The highest BCUT2D eigenvalue weighted by atomic mass is 79.9. The summed E-state index contributed by atoms with van der Waals surface area (Å²) in [5.41, 5.74) is 2.43. The third kappa shape index (κ3) is 3.98. The Morgan fingerprint density at radius 1 is 1.53 bits per heavy atom. The lowest BCUT2D eigenvalue weighted by Gasteiger charge is -2.24. The Kier molecular flexibility index (Phi) is 4.83. The number of ether oxygens (including phenoxy) is 1. The van der Waals surface area contributed by atoms with Crippen LogP contribution in [0, 0.1) is 6.92 Å². The SMILES string of the molecule is Cc1ccc(NCCC2COCCN2)c(Br)c1. The van der Waals surface area contributed by atoms with Crippen molar-refractivity contribution in [3.63, 3.8) is 0 Å². The van der Waals surface area contributed by atoms with Gasteiger partial charge in [-0.2, -0.15) is 0 Å². The summed E-state index contributed by atoms with van der Waals surface area (Å²) in [5.74, 6) is 0. The smallest absolute Gasteiger partial charge is 0.0620 e. The van der Waals surface area contributed by atoms with Gasteiger partial charge < -0.3 is 15.4 Å². The molecule has 4 heteroatoms. The average molecular weight is 299 g/mol. The molecule has 1 saturated heterocycles. The highest BCUT2D eigenvalue weighted by molar-refractivity contribution is 9.10. The monoisotopic (exact) mass is 298 g/mol. The molecule has 1 aromatic carbocycles. The first-order valence-electron chi connectivity index (χ1n) is 6.07. The lowest BCUT2D eigenvalue weighted by atomic mass is 10.2. The molecule has 0 saturated carbocycles. The van der Waals surface area contributed by atoms with E-state index in [9.17, 15) is 0 Å². The minimum Gasteiger partial charge on any atom is -0.384 e. The van der Waals surface area contributed by atoms with Crippen LogP contribution in [-0.4, -0.2) is 32.3 Å². The van der Waals surface area contributed by atoms with Crippen LogP contribution in [0.2, 0.25) is 0 Å². The van der Waals surface area contributed by atoms with E-state index < -0.39 is 0 Å². The fraction of sp³-hybridized carbons (Fsp3) is 0.538. The van der Waals surface area contributed by atoms with Gasteiger partial charge >= 0.3 is 0 Å². The molecule has 0 bridgehead atoms. The Balaban J connectivity index is 1.77. The molecule has 1 fully saturated rings. The van der Waals surface area contributed by atoms with Crippen molar-refractivity contribution in [2.75, 3.05) is 31.6 Å². The Hall–Kier alpha value is -0.580. The quantitative estimate of drug-likeness (QED) is 0.896. The van der Waals surface area contributed by atoms with Crippen LogP contribution in [0.4, 0.5) is 5.69 Å². The predicted octanol–water partition coefficient (Wildman–Crippen LogP) is 2.55. The number of hydrogen-bond acceptors (Lipinski definition) is 3. The molecule has 1 atom stereocenters. The normalized spacial score (nSPS) is 20.2. The van der Waals surface area contributed by atoms with Crippen molar-refractivity contribution in [2.45, 2.75) is 19.4 Å². The Bertz CT molecular complexity index is 364. The minimum absolute atomic E-state index is 0.487. The number of benzene rings is 1. The number of anilines is 1. The van der Waals surface area contributed by atoms with Crippen LogP contribution in [0.5, 0.6) is 0 Å². The summed E-state index contributed by atoms with van der Waals surface area (Å²) in [4.78, 5) is 0. The molecule has 0 aliphatic carbocycles. The van der Waals surface area contributed by atoms with E-state index in [1.165, 1.54) is 5.56 Å². The van der Waals surface area contributed by atoms with Gasteiger partial charge in [-0.05, 0) is 47.0 Å². The fourth-order valence-corrected chi connectivity index (χ4v) is 2.58. The molecule has 1 heterocycles. The first-order chi connectivity index (χ1) is 8.25. The summed E-state index contributed by atoms with van der Waals surface area (Å²) < 4.78 is 6.55. The largest absolute Gasteiger partial charge is 0.384 e. The third-order valence-corrected chi connectivity index (χ3v) is 3.59. The molecule has 2 N–H and O–H groups in total. The zero-order chi connectivity index (χ0) is 12.1. The molecular weight excluding hydrogens is 280 g/mol. The second kappa shape index (κ2) is 6.38. The van der Waals surface area contributed by atoms with E-state index in [-0.39, 0.29) is 0 Å². The van der Waals surface area contributed by atoms with Crippen LogP contribution in [0.15, 0.2) is 22.7 Å². The molecule has 1 aliphatic rings. The van der Waals surface area contributed by atoms with Gasteiger partial charge in [-0.1, -0.05) is 6.07 Å². The first-order valence-corrected chi connectivity index (χ1v) is 6.86. The summed E-state index contributed by atoms with van der Waals surface area (Å²) in [6.45, 7) is 5.70. The maximum atomic E-state index is 5.42. The molecule has 0 amide bonds. The zero-order valence-corrected chi connectivity index (χ0v) is 11.7. The molecule has 2 rings (SSSR count). The Labute approximate surface area is 111 Å². The van der Waals surface area contributed by atoms with Crippen molar-refractivity contribution in [1.29, 1.82) is 0 Å². The second-order valence-corrected chi connectivity index (χ2v) is 5.28. The van der Waals surface area contributed by atoms with Crippen LogP contribution >= 0.6 is 15.9 Å². The number of rotatable bonds is 4. The summed E-state index contributed by atoms with van der Waals surface area (Å²) >= 11 is 3.57. The van der Waals surface area contributed by atoms with E-state index in [1.807, 2.05) is 0 Å². The van der Waals surface area contributed by atoms with Crippen molar-refractivity contribution in [3.8, 4) is 0 Å². The number of halogens is 1. The molecule has 1 aromatic rings. The molecule has 17 heavy (non-hydrogen) atoms. The van der Waals surface area contributed by atoms with Crippen molar-refractivity contribution in [2.24, 2.45) is 0 Å². The molecule has 1 aliphatic heterocycles. The fourth-order valence-electron chi connectivity index (χ4n) is 1.95. The number of nitrogens with one attached hydrogen (secondary N) is 2. The molecule has 0 aromatic heterocycles. The summed E-state index contributed by atoms with van der Waals surface area (Å²) in [5, 5.41) is 6.90. The predicted molar refractivity (Wildman–Crippen MR) is 74.6 cm³/mol. The molecule has 1 unspecified atom stereocenters. The van der Waals surface area contributed by atoms with E-state index in [0.29, 0.717) is 6.04 Å². The van der Waals surface area contributed by atoms with Gasteiger partial charge in [0.05, 0.1) is 13.2 Å². The van der Waals surface area contributed by atoms with Crippen molar-refractivity contribution in [1.82, 2.24) is 5.32 Å². The Morgan fingerprint density at radius 3 is 3.12 bits per heavy atom. The number of morpholine rings is 1.